The fourth-order valence-corrected chi connectivity index (χ4v) is 1.96. The van der Waals surface area contributed by atoms with Crippen LogP contribution in [0.5, 0.6) is 0 Å². The summed E-state index contributed by atoms with van der Waals surface area (Å²) in [5, 5.41) is 8.70. The van der Waals surface area contributed by atoms with Crippen LogP contribution in [0.2, 0.25) is 0 Å². The third kappa shape index (κ3) is 3.16. The van der Waals surface area contributed by atoms with E-state index in [1.54, 1.807) is 12.4 Å². The smallest absolute Gasteiger partial charge is 0.307 e. The average Bonchev–Trinajstić information content (AvgIpc) is 2.39. The van der Waals surface area contributed by atoms with Gasteiger partial charge in [-0.1, -0.05) is 25.1 Å². The van der Waals surface area contributed by atoms with Crippen LogP contribution in [-0.4, -0.2) is 21.0 Å². The molecule has 0 aliphatic rings. The Morgan fingerprint density at radius 3 is 2.42 bits per heavy atom. The van der Waals surface area contributed by atoms with E-state index in [1.165, 1.54) is 5.56 Å². The number of rotatable bonds is 4. The number of aliphatic carboxylic acids is 1. The minimum atomic E-state index is -0.875. The second kappa shape index (κ2) is 5.61. The van der Waals surface area contributed by atoms with E-state index in [0.29, 0.717) is 11.4 Å². The molecule has 98 valence electrons. The SMILES string of the molecule is CCc1ccc(-c2ncc(CC(=O)O)cn2)c(C)c1. The van der Waals surface area contributed by atoms with Crippen molar-refractivity contribution in [3.63, 3.8) is 0 Å². The van der Waals surface area contributed by atoms with Crippen LogP contribution in [0.25, 0.3) is 11.4 Å². The maximum atomic E-state index is 10.6. The van der Waals surface area contributed by atoms with E-state index in [-0.39, 0.29) is 6.42 Å². The molecule has 0 aliphatic heterocycles. The maximum absolute atomic E-state index is 10.6. The molecule has 1 aromatic carbocycles. The molecule has 0 radical (unpaired) electrons. The molecular weight excluding hydrogens is 240 g/mol. The van der Waals surface area contributed by atoms with Gasteiger partial charge in [-0.2, -0.15) is 0 Å². The number of benzene rings is 1. The number of carbonyl (C=O) groups is 1. The largest absolute Gasteiger partial charge is 0.481 e. The lowest BCUT2D eigenvalue weighted by atomic mass is 10.0. The van der Waals surface area contributed by atoms with Crippen molar-refractivity contribution in [3.8, 4) is 11.4 Å². The highest BCUT2D eigenvalue weighted by molar-refractivity contribution is 5.70. The molecule has 4 heteroatoms. The summed E-state index contributed by atoms with van der Waals surface area (Å²) in [6.07, 6.45) is 4.10. The van der Waals surface area contributed by atoms with Gasteiger partial charge < -0.3 is 5.11 Å². The van der Waals surface area contributed by atoms with Gasteiger partial charge in [-0.15, -0.1) is 0 Å². The van der Waals surface area contributed by atoms with Crippen molar-refractivity contribution in [1.29, 1.82) is 0 Å². The summed E-state index contributed by atoms with van der Waals surface area (Å²) >= 11 is 0. The highest BCUT2D eigenvalue weighted by Gasteiger charge is 2.07. The normalized spacial score (nSPS) is 10.4. The van der Waals surface area contributed by atoms with Gasteiger partial charge in [-0.25, -0.2) is 9.97 Å². The van der Waals surface area contributed by atoms with Gasteiger partial charge in [0.05, 0.1) is 6.42 Å². The van der Waals surface area contributed by atoms with Crippen molar-refractivity contribution in [2.24, 2.45) is 0 Å². The lowest BCUT2D eigenvalue weighted by Crippen LogP contribution is -2.02. The van der Waals surface area contributed by atoms with Gasteiger partial charge in [-0.3, -0.25) is 4.79 Å². The van der Waals surface area contributed by atoms with Crippen molar-refractivity contribution >= 4 is 5.97 Å². The molecule has 0 unspecified atom stereocenters. The molecule has 0 spiro atoms. The van der Waals surface area contributed by atoms with Crippen LogP contribution < -0.4 is 0 Å². The second-order valence-electron chi connectivity index (χ2n) is 4.49. The van der Waals surface area contributed by atoms with Gasteiger partial charge in [0, 0.05) is 18.0 Å². The topological polar surface area (TPSA) is 63.1 Å². The highest BCUT2D eigenvalue weighted by Crippen LogP contribution is 2.21. The van der Waals surface area contributed by atoms with Crippen molar-refractivity contribution < 1.29 is 9.90 Å². The molecule has 0 saturated carbocycles. The molecule has 0 saturated heterocycles. The van der Waals surface area contributed by atoms with Crippen molar-refractivity contribution in [1.82, 2.24) is 9.97 Å². The molecule has 2 aromatic rings. The summed E-state index contributed by atoms with van der Waals surface area (Å²) in [6, 6.07) is 6.21. The zero-order valence-electron chi connectivity index (χ0n) is 11.1. The van der Waals surface area contributed by atoms with Crippen molar-refractivity contribution in [2.45, 2.75) is 26.7 Å². The third-order valence-electron chi connectivity index (χ3n) is 3.00. The Morgan fingerprint density at radius 1 is 1.21 bits per heavy atom. The van der Waals surface area contributed by atoms with Crippen molar-refractivity contribution in [2.75, 3.05) is 0 Å². The first-order chi connectivity index (χ1) is 9.10. The summed E-state index contributed by atoms with van der Waals surface area (Å²) in [5.41, 5.74) is 4.01. The molecule has 1 heterocycles. The zero-order chi connectivity index (χ0) is 13.8. The Balaban J connectivity index is 2.29. The lowest BCUT2D eigenvalue weighted by Gasteiger charge is -2.07. The molecule has 1 N–H and O–H groups in total. The predicted octanol–water partition coefficient (Wildman–Crippen LogP) is 2.64. The van der Waals surface area contributed by atoms with Crippen LogP contribution in [0.4, 0.5) is 0 Å². The molecule has 4 nitrogen and oxygen atoms in total. The van der Waals surface area contributed by atoms with Gasteiger partial charge in [-0.05, 0) is 30.0 Å². The van der Waals surface area contributed by atoms with Gasteiger partial charge in [0.1, 0.15) is 0 Å². The van der Waals surface area contributed by atoms with Crippen LogP contribution in [0.1, 0.15) is 23.6 Å². The van der Waals surface area contributed by atoms with E-state index in [0.717, 1.165) is 17.5 Å². The molecule has 1 aromatic heterocycles. The molecule has 19 heavy (non-hydrogen) atoms. The molecule has 0 bridgehead atoms. The van der Waals surface area contributed by atoms with Gasteiger partial charge in [0.2, 0.25) is 0 Å². The lowest BCUT2D eigenvalue weighted by molar-refractivity contribution is -0.136. The molecule has 0 aliphatic carbocycles. The first-order valence-corrected chi connectivity index (χ1v) is 6.22. The van der Waals surface area contributed by atoms with E-state index in [9.17, 15) is 4.79 Å². The molecular formula is C15H16N2O2. The Hall–Kier alpha value is -2.23. The third-order valence-corrected chi connectivity index (χ3v) is 3.00. The van der Waals surface area contributed by atoms with Crippen molar-refractivity contribution in [3.05, 3.63) is 47.3 Å². The van der Waals surface area contributed by atoms with E-state index in [2.05, 4.69) is 29.0 Å². The van der Waals surface area contributed by atoms with Crippen LogP contribution in [0.15, 0.2) is 30.6 Å². The predicted molar refractivity (Wildman–Crippen MR) is 72.9 cm³/mol. The van der Waals surface area contributed by atoms with E-state index >= 15 is 0 Å². The number of carboxylic acids is 1. The first-order valence-electron chi connectivity index (χ1n) is 6.22. The Bertz CT molecular complexity index is 592. The second-order valence-corrected chi connectivity index (χ2v) is 4.49. The molecule has 0 fully saturated rings. The number of hydrogen-bond acceptors (Lipinski definition) is 3. The number of aromatic nitrogens is 2. The van der Waals surface area contributed by atoms with Crippen LogP contribution in [0, 0.1) is 6.92 Å². The number of nitrogens with zero attached hydrogens (tertiary/aromatic N) is 2. The summed E-state index contributed by atoms with van der Waals surface area (Å²) in [7, 11) is 0. The first kappa shape index (κ1) is 13.2. The van der Waals surface area contributed by atoms with E-state index in [1.807, 2.05) is 13.0 Å². The summed E-state index contributed by atoms with van der Waals surface area (Å²) in [4.78, 5) is 19.1. The van der Waals surface area contributed by atoms with Crippen LogP contribution >= 0.6 is 0 Å². The fraction of sp³-hybridized carbons (Fsp3) is 0.267. The monoisotopic (exact) mass is 256 g/mol. The maximum Gasteiger partial charge on any atom is 0.307 e. The minimum absolute atomic E-state index is 0.0476. The molecule has 0 atom stereocenters. The fourth-order valence-electron chi connectivity index (χ4n) is 1.96. The number of carboxylic acid groups (broad SMARTS) is 1. The van der Waals surface area contributed by atoms with Crippen LogP contribution in [0.3, 0.4) is 0 Å². The van der Waals surface area contributed by atoms with E-state index < -0.39 is 5.97 Å². The minimum Gasteiger partial charge on any atom is -0.481 e. The van der Waals surface area contributed by atoms with Crippen LogP contribution in [-0.2, 0) is 17.6 Å². The number of aryl methyl sites for hydroxylation is 2. The summed E-state index contributed by atoms with van der Waals surface area (Å²) in [6.45, 7) is 4.15. The average molecular weight is 256 g/mol. The van der Waals surface area contributed by atoms with Gasteiger partial charge in [0.15, 0.2) is 5.82 Å². The Kier molecular flexibility index (Phi) is 3.90. The summed E-state index contributed by atoms with van der Waals surface area (Å²) in [5.74, 6) is -0.242. The number of hydrogen-bond donors (Lipinski definition) is 1. The van der Waals surface area contributed by atoms with E-state index in [4.69, 9.17) is 5.11 Å². The van der Waals surface area contributed by atoms with Gasteiger partial charge in [0.25, 0.3) is 0 Å². The van der Waals surface area contributed by atoms with Gasteiger partial charge >= 0.3 is 5.97 Å². The summed E-state index contributed by atoms with van der Waals surface area (Å²) < 4.78 is 0. The standard InChI is InChI=1S/C15H16N2O2/c1-3-11-4-5-13(10(2)6-11)15-16-8-12(9-17-15)7-14(18)19/h4-6,8-9H,3,7H2,1-2H3,(H,18,19). The quantitative estimate of drug-likeness (QED) is 0.913. The molecule has 0 amide bonds. The molecule has 2 rings (SSSR count). The Morgan fingerprint density at radius 2 is 1.89 bits per heavy atom. The zero-order valence-corrected chi connectivity index (χ0v) is 11.1. The highest BCUT2D eigenvalue weighted by atomic mass is 16.4. The Labute approximate surface area is 112 Å².